The molecule has 1 aromatic heterocycles. The van der Waals surface area contributed by atoms with Gasteiger partial charge in [-0.3, -0.25) is 9.59 Å². The number of rotatable bonds is 4. The molecule has 1 heterocycles. The van der Waals surface area contributed by atoms with Crippen molar-refractivity contribution >= 4 is 23.2 Å². The van der Waals surface area contributed by atoms with Gasteiger partial charge in [0.1, 0.15) is 5.60 Å². The van der Waals surface area contributed by atoms with Crippen LogP contribution in [0.25, 0.3) is 0 Å². The summed E-state index contributed by atoms with van der Waals surface area (Å²) < 4.78 is 0. The smallest absolute Gasteiger partial charge is 0.309 e. The van der Waals surface area contributed by atoms with Crippen LogP contribution in [0.5, 0.6) is 0 Å². The van der Waals surface area contributed by atoms with Gasteiger partial charge in [-0.25, -0.2) is 0 Å². The number of carbonyl (C=O) groups excluding carboxylic acids is 2. The third-order valence-corrected chi connectivity index (χ3v) is 3.89. The fourth-order valence-electron chi connectivity index (χ4n) is 1.48. The standard InChI is InChI=1S/C12H16N2O3S/c1-12(17,9-3-2-6-18-9)7-13-10(15)11(16)14-8-4-5-8/h2-3,6,8,17H,4-5,7H2,1H3,(H,13,15)(H,14,16)/t12-/m0/s1. The molecule has 0 aliphatic heterocycles. The zero-order chi connectivity index (χ0) is 13.2. The Kier molecular flexibility index (Phi) is 3.68. The average Bonchev–Trinajstić information content (AvgIpc) is 2.96. The summed E-state index contributed by atoms with van der Waals surface area (Å²) in [6.07, 6.45) is 1.87. The Morgan fingerprint density at radius 1 is 1.50 bits per heavy atom. The Balaban J connectivity index is 1.83. The first-order valence-electron chi connectivity index (χ1n) is 5.84. The van der Waals surface area contributed by atoms with E-state index in [1.165, 1.54) is 11.3 Å². The van der Waals surface area contributed by atoms with E-state index in [2.05, 4.69) is 10.6 Å². The summed E-state index contributed by atoms with van der Waals surface area (Å²) in [6, 6.07) is 3.78. The molecule has 0 aromatic carbocycles. The van der Waals surface area contributed by atoms with Gasteiger partial charge in [-0.1, -0.05) is 6.07 Å². The number of amides is 2. The highest BCUT2D eigenvalue weighted by atomic mass is 32.1. The van der Waals surface area contributed by atoms with E-state index in [0.717, 1.165) is 17.7 Å². The minimum absolute atomic E-state index is 0.0183. The zero-order valence-electron chi connectivity index (χ0n) is 10.1. The van der Waals surface area contributed by atoms with Gasteiger partial charge in [0.25, 0.3) is 0 Å². The van der Waals surface area contributed by atoms with E-state index < -0.39 is 17.4 Å². The lowest BCUT2D eigenvalue weighted by atomic mass is 10.1. The molecule has 0 radical (unpaired) electrons. The van der Waals surface area contributed by atoms with Crippen LogP contribution in [0.4, 0.5) is 0 Å². The van der Waals surface area contributed by atoms with Crippen molar-refractivity contribution in [3.63, 3.8) is 0 Å². The monoisotopic (exact) mass is 268 g/mol. The third kappa shape index (κ3) is 3.30. The molecule has 0 bridgehead atoms. The second-order valence-corrected chi connectivity index (χ2v) is 5.63. The fraction of sp³-hybridized carbons (Fsp3) is 0.500. The van der Waals surface area contributed by atoms with Gasteiger partial charge in [0.15, 0.2) is 0 Å². The third-order valence-electron chi connectivity index (χ3n) is 2.76. The molecule has 6 heteroatoms. The summed E-state index contributed by atoms with van der Waals surface area (Å²) in [5, 5.41) is 17.1. The molecule has 1 fully saturated rings. The minimum atomic E-state index is -1.15. The van der Waals surface area contributed by atoms with Crippen molar-refractivity contribution in [3.8, 4) is 0 Å². The van der Waals surface area contributed by atoms with Crippen LogP contribution in [0.1, 0.15) is 24.6 Å². The number of aliphatic hydroxyl groups is 1. The van der Waals surface area contributed by atoms with E-state index in [9.17, 15) is 14.7 Å². The molecule has 1 aliphatic carbocycles. The highest BCUT2D eigenvalue weighted by Gasteiger charge is 2.29. The molecule has 1 atom stereocenters. The van der Waals surface area contributed by atoms with E-state index >= 15 is 0 Å². The molecule has 3 N–H and O–H groups in total. The summed E-state index contributed by atoms with van der Waals surface area (Å²) in [7, 11) is 0. The molecule has 1 saturated carbocycles. The van der Waals surface area contributed by atoms with E-state index in [0.29, 0.717) is 0 Å². The SMILES string of the molecule is C[C@](O)(CNC(=O)C(=O)NC1CC1)c1cccs1. The van der Waals surface area contributed by atoms with Crippen LogP contribution in [0, 0.1) is 0 Å². The van der Waals surface area contributed by atoms with E-state index in [1.807, 2.05) is 11.4 Å². The van der Waals surface area contributed by atoms with E-state index in [4.69, 9.17) is 0 Å². The summed E-state index contributed by atoms with van der Waals surface area (Å²) in [5.41, 5.74) is -1.15. The molecule has 0 unspecified atom stereocenters. The van der Waals surface area contributed by atoms with Gasteiger partial charge in [-0.2, -0.15) is 0 Å². The molecule has 98 valence electrons. The van der Waals surface area contributed by atoms with Gasteiger partial charge >= 0.3 is 11.8 Å². The van der Waals surface area contributed by atoms with Crippen LogP contribution in [-0.4, -0.2) is 29.5 Å². The van der Waals surface area contributed by atoms with Gasteiger partial charge < -0.3 is 15.7 Å². The lowest BCUT2D eigenvalue weighted by Crippen LogP contribution is -2.45. The number of nitrogens with one attached hydrogen (secondary N) is 2. The quantitative estimate of drug-likeness (QED) is 0.690. The van der Waals surface area contributed by atoms with Crippen molar-refractivity contribution in [1.29, 1.82) is 0 Å². The summed E-state index contributed by atoms with van der Waals surface area (Å²) in [6.45, 7) is 1.63. The van der Waals surface area contributed by atoms with Crippen LogP contribution < -0.4 is 10.6 Å². The topological polar surface area (TPSA) is 78.4 Å². The maximum Gasteiger partial charge on any atom is 0.309 e. The molecule has 0 spiro atoms. The second kappa shape index (κ2) is 5.07. The van der Waals surface area contributed by atoms with Crippen molar-refractivity contribution in [3.05, 3.63) is 22.4 Å². The van der Waals surface area contributed by atoms with Crippen LogP contribution in [0.3, 0.4) is 0 Å². The number of hydrogen-bond acceptors (Lipinski definition) is 4. The Hall–Kier alpha value is -1.40. The van der Waals surface area contributed by atoms with Crippen LogP contribution in [0.2, 0.25) is 0 Å². The number of carbonyl (C=O) groups is 2. The van der Waals surface area contributed by atoms with E-state index in [-0.39, 0.29) is 12.6 Å². The van der Waals surface area contributed by atoms with Crippen LogP contribution >= 0.6 is 11.3 Å². The molecule has 2 rings (SSSR count). The normalized spacial score (nSPS) is 17.9. The number of thiophene rings is 1. The van der Waals surface area contributed by atoms with Crippen LogP contribution in [-0.2, 0) is 15.2 Å². The molecule has 0 saturated heterocycles. The zero-order valence-corrected chi connectivity index (χ0v) is 10.9. The Bertz CT molecular complexity index is 438. The average molecular weight is 268 g/mol. The molecule has 5 nitrogen and oxygen atoms in total. The Labute approximate surface area is 109 Å². The first-order valence-corrected chi connectivity index (χ1v) is 6.72. The maximum absolute atomic E-state index is 11.5. The first-order chi connectivity index (χ1) is 8.49. The highest BCUT2D eigenvalue weighted by Crippen LogP contribution is 2.24. The minimum Gasteiger partial charge on any atom is -0.383 e. The number of hydrogen-bond donors (Lipinski definition) is 3. The lowest BCUT2D eigenvalue weighted by molar-refractivity contribution is -0.139. The van der Waals surface area contributed by atoms with Gasteiger partial charge in [0, 0.05) is 10.9 Å². The van der Waals surface area contributed by atoms with Crippen molar-refractivity contribution in [2.75, 3.05) is 6.54 Å². The Morgan fingerprint density at radius 2 is 2.22 bits per heavy atom. The molecular formula is C12H16N2O3S. The first kappa shape index (κ1) is 13.0. The Morgan fingerprint density at radius 3 is 2.78 bits per heavy atom. The molecule has 18 heavy (non-hydrogen) atoms. The van der Waals surface area contributed by atoms with E-state index in [1.54, 1.807) is 13.0 Å². The largest absolute Gasteiger partial charge is 0.383 e. The van der Waals surface area contributed by atoms with Crippen LogP contribution in [0.15, 0.2) is 17.5 Å². The summed E-state index contributed by atoms with van der Waals surface area (Å²) in [4.78, 5) is 23.6. The predicted molar refractivity (Wildman–Crippen MR) is 68.1 cm³/mol. The fourth-order valence-corrected chi connectivity index (χ4v) is 2.27. The van der Waals surface area contributed by atoms with Gasteiger partial charge in [0.2, 0.25) is 0 Å². The maximum atomic E-state index is 11.5. The van der Waals surface area contributed by atoms with Crippen molar-refractivity contribution < 1.29 is 14.7 Å². The molecular weight excluding hydrogens is 252 g/mol. The second-order valence-electron chi connectivity index (χ2n) is 4.68. The predicted octanol–water partition coefficient (Wildman–Crippen LogP) is 0.350. The van der Waals surface area contributed by atoms with Crippen molar-refractivity contribution in [2.24, 2.45) is 0 Å². The van der Waals surface area contributed by atoms with Gasteiger partial charge in [-0.05, 0) is 31.2 Å². The molecule has 1 aliphatic rings. The highest BCUT2D eigenvalue weighted by molar-refractivity contribution is 7.10. The van der Waals surface area contributed by atoms with Gasteiger partial charge in [-0.15, -0.1) is 11.3 Å². The van der Waals surface area contributed by atoms with Gasteiger partial charge in [0.05, 0.1) is 6.54 Å². The lowest BCUT2D eigenvalue weighted by Gasteiger charge is -2.22. The van der Waals surface area contributed by atoms with Crippen molar-refractivity contribution in [1.82, 2.24) is 10.6 Å². The molecule has 2 amide bonds. The molecule has 1 aromatic rings. The summed E-state index contributed by atoms with van der Waals surface area (Å²) >= 11 is 1.41. The van der Waals surface area contributed by atoms with Crippen molar-refractivity contribution in [2.45, 2.75) is 31.4 Å². The summed E-state index contributed by atoms with van der Waals surface area (Å²) in [5.74, 6) is -1.32.